The Morgan fingerprint density at radius 3 is 0.772 bits per heavy atom. The molecule has 79 heavy (non-hydrogen) atoms. The molecule has 0 aromatic rings. The van der Waals surface area contributed by atoms with Gasteiger partial charge < -0.3 is 14.2 Å². The predicted octanol–water partition coefficient (Wildman–Crippen LogP) is 23.4. The highest BCUT2D eigenvalue weighted by Gasteiger charge is 2.19. The molecule has 0 aliphatic rings. The van der Waals surface area contributed by atoms with Crippen molar-refractivity contribution in [3.63, 3.8) is 0 Å². The van der Waals surface area contributed by atoms with Crippen LogP contribution in [0.25, 0.3) is 0 Å². The minimum absolute atomic E-state index is 0.0787. The van der Waals surface area contributed by atoms with Gasteiger partial charge in [-0.15, -0.1) is 0 Å². The monoisotopic (exact) mass is 1100 g/mol. The molecule has 1 atom stereocenters. The summed E-state index contributed by atoms with van der Waals surface area (Å²) in [7, 11) is 0. The number of carbonyl (C=O) groups is 3. The molecule has 0 bridgehead atoms. The second-order valence-corrected chi connectivity index (χ2v) is 22.7. The lowest BCUT2D eigenvalue weighted by Crippen LogP contribution is -2.30. The van der Waals surface area contributed by atoms with Crippen LogP contribution >= 0.6 is 0 Å². The van der Waals surface area contributed by atoms with Gasteiger partial charge in [0.1, 0.15) is 13.2 Å². The van der Waals surface area contributed by atoms with Crippen molar-refractivity contribution in [2.75, 3.05) is 13.2 Å². The molecule has 0 N–H and O–H groups in total. The Balaban J connectivity index is 4.18. The van der Waals surface area contributed by atoms with Crippen LogP contribution in [0.5, 0.6) is 0 Å². The molecular weight excluding hydrogens is 973 g/mol. The minimum atomic E-state index is -0.783. The lowest BCUT2D eigenvalue weighted by Gasteiger charge is -2.18. The van der Waals surface area contributed by atoms with Gasteiger partial charge in [0, 0.05) is 19.3 Å². The third-order valence-corrected chi connectivity index (χ3v) is 14.9. The molecule has 0 aliphatic heterocycles. The van der Waals surface area contributed by atoms with Crippen LogP contribution in [-0.2, 0) is 28.6 Å². The molecule has 456 valence electrons. The maximum atomic E-state index is 12.9. The van der Waals surface area contributed by atoms with E-state index in [2.05, 4.69) is 106 Å². The van der Waals surface area contributed by atoms with Crippen LogP contribution in [0.15, 0.2) is 85.1 Å². The van der Waals surface area contributed by atoms with E-state index < -0.39 is 6.10 Å². The second kappa shape index (κ2) is 67.1. The van der Waals surface area contributed by atoms with E-state index in [-0.39, 0.29) is 31.1 Å². The van der Waals surface area contributed by atoms with Crippen molar-refractivity contribution in [1.29, 1.82) is 0 Å². The first-order chi connectivity index (χ1) is 39.0. The minimum Gasteiger partial charge on any atom is -0.462 e. The van der Waals surface area contributed by atoms with Crippen molar-refractivity contribution in [1.82, 2.24) is 0 Å². The number of allylic oxidation sites excluding steroid dienone is 14. The first-order valence-electron chi connectivity index (χ1n) is 34.1. The Labute approximate surface area is 490 Å². The van der Waals surface area contributed by atoms with Gasteiger partial charge >= 0.3 is 17.9 Å². The molecule has 0 heterocycles. The molecule has 0 spiro atoms. The van der Waals surface area contributed by atoms with Gasteiger partial charge in [-0.05, 0) is 96.3 Å². The molecule has 6 nitrogen and oxygen atoms in total. The summed E-state index contributed by atoms with van der Waals surface area (Å²) in [6.07, 6.45) is 89.0. The average molecular weight is 1100 g/mol. The van der Waals surface area contributed by atoms with E-state index >= 15 is 0 Å². The largest absolute Gasteiger partial charge is 0.462 e. The topological polar surface area (TPSA) is 78.9 Å². The zero-order valence-corrected chi connectivity index (χ0v) is 52.4. The van der Waals surface area contributed by atoms with E-state index in [9.17, 15) is 14.4 Å². The summed E-state index contributed by atoms with van der Waals surface area (Å²) in [5.74, 6) is -0.878. The highest BCUT2D eigenvalue weighted by atomic mass is 16.6. The number of hydrogen-bond donors (Lipinski definition) is 0. The van der Waals surface area contributed by atoms with Gasteiger partial charge in [0.25, 0.3) is 0 Å². The number of carbonyl (C=O) groups excluding carboxylic acids is 3. The molecule has 0 aromatic heterocycles. The lowest BCUT2D eigenvalue weighted by atomic mass is 10.0. The van der Waals surface area contributed by atoms with Crippen molar-refractivity contribution in [2.24, 2.45) is 0 Å². The maximum Gasteiger partial charge on any atom is 0.306 e. The number of rotatable bonds is 62. The van der Waals surface area contributed by atoms with E-state index in [0.29, 0.717) is 19.3 Å². The fraction of sp³-hybridized carbons (Fsp3) is 0.767. The fourth-order valence-electron chi connectivity index (χ4n) is 9.80. The Hall–Kier alpha value is -3.41. The Morgan fingerprint density at radius 2 is 0.494 bits per heavy atom. The molecule has 0 amide bonds. The highest BCUT2D eigenvalue weighted by Crippen LogP contribution is 2.17. The molecule has 0 radical (unpaired) electrons. The number of unbranched alkanes of at least 4 members (excludes halogenated alkanes) is 37. The third-order valence-electron chi connectivity index (χ3n) is 14.9. The summed E-state index contributed by atoms with van der Waals surface area (Å²) in [6.45, 7) is 6.53. The van der Waals surface area contributed by atoms with Crippen LogP contribution in [0.3, 0.4) is 0 Å². The first-order valence-corrected chi connectivity index (χ1v) is 34.1. The van der Waals surface area contributed by atoms with Crippen LogP contribution in [0.4, 0.5) is 0 Å². The standard InChI is InChI=1S/C73H128O6/c1-4-7-10-13-16-19-22-24-26-28-30-31-32-33-34-35-36-37-38-39-40-41-43-44-46-48-51-54-57-60-63-66-72(75)78-69-70(68-77-71(74)65-62-59-56-53-50-21-18-15-12-9-6-3)79-73(76)67-64-61-58-55-52-49-47-45-42-29-27-25-23-20-17-14-11-8-5-2/h8,11,17,20,22,24-25,27-28,30,32-33,42,45,70H,4-7,9-10,12-16,18-19,21,23,26,29,31,34-41,43-44,46-69H2,1-3H3/b11-8-,20-17-,24-22-,27-25-,30-28-,33-32-,45-42-. The molecule has 0 fully saturated rings. The molecule has 1 unspecified atom stereocenters. The molecular formula is C73H128O6. The SMILES string of the molecule is CC/C=C\C/C=C\C/C=C\C/C=C\CCCCCCCCC(=O)OC(COC(=O)CCCCCCCCCCCCC)COC(=O)CCCCCCCCCCCCCCCCCC/C=C\C/C=C\C/C=C\CCCCCCC. The maximum absolute atomic E-state index is 12.9. The Kier molecular flexibility index (Phi) is 64.2. The van der Waals surface area contributed by atoms with Crippen molar-refractivity contribution < 1.29 is 28.6 Å². The number of ether oxygens (including phenoxy) is 3. The summed E-state index contributed by atoms with van der Waals surface area (Å²) in [5.41, 5.74) is 0. The molecule has 0 saturated carbocycles. The summed E-state index contributed by atoms with van der Waals surface area (Å²) >= 11 is 0. The van der Waals surface area contributed by atoms with Crippen molar-refractivity contribution >= 4 is 17.9 Å². The summed E-state index contributed by atoms with van der Waals surface area (Å²) in [5, 5.41) is 0. The smallest absolute Gasteiger partial charge is 0.306 e. The van der Waals surface area contributed by atoms with E-state index in [4.69, 9.17) is 14.2 Å². The van der Waals surface area contributed by atoms with Crippen molar-refractivity contribution in [2.45, 2.75) is 348 Å². The van der Waals surface area contributed by atoms with Gasteiger partial charge in [0.05, 0.1) is 0 Å². The molecule has 0 aromatic carbocycles. The molecule has 0 saturated heterocycles. The predicted molar refractivity (Wildman–Crippen MR) is 344 cm³/mol. The van der Waals surface area contributed by atoms with Gasteiger partial charge in [-0.25, -0.2) is 0 Å². The van der Waals surface area contributed by atoms with Gasteiger partial charge in [-0.2, -0.15) is 0 Å². The summed E-state index contributed by atoms with van der Waals surface area (Å²) in [4.78, 5) is 38.3. The number of esters is 3. The average Bonchev–Trinajstić information content (AvgIpc) is 3.45. The van der Waals surface area contributed by atoms with Crippen LogP contribution in [0.2, 0.25) is 0 Å². The van der Waals surface area contributed by atoms with Gasteiger partial charge in [-0.3, -0.25) is 14.4 Å². The van der Waals surface area contributed by atoms with E-state index in [0.717, 1.165) is 109 Å². The number of hydrogen-bond acceptors (Lipinski definition) is 6. The van der Waals surface area contributed by atoms with E-state index in [1.54, 1.807) is 0 Å². The summed E-state index contributed by atoms with van der Waals surface area (Å²) in [6, 6.07) is 0. The quantitative estimate of drug-likeness (QED) is 0.0261. The first kappa shape index (κ1) is 75.6. The van der Waals surface area contributed by atoms with Crippen LogP contribution in [0, 0.1) is 0 Å². The molecule has 0 aliphatic carbocycles. The van der Waals surface area contributed by atoms with Crippen molar-refractivity contribution in [3.05, 3.63) is 85.1 Å². The second-order valence-electron chi connectivity index (χ2n) is 22.7. The van der Waals surface area contributed by atoms with E-state index in [1.165, 1.54) is 193 Å². The fourth-order valence-corrected chi connectivity index (χ4v) is 9.80. The van der Waals surface area contributed by atoms with Gasteiger partial charge in [0.15, 0.2) is 6.10 Å². The van der Waals surface area contributed by atoms with Crippen LogP contribution in [-0.4, -0.2) is 37.2 Å². The molecule has 0 rings (SSSR count). The lowest BCUT2D eigenvalue weighted by molar-refractivity contribution is -0.167. The van der Waals surface area contributed by atoms with Gasteiger partial charge in [0.2, 0.25) is 0 Å². The van der Waals surface area contributed by atoms with Crippen LogP contribution < -0.4 is 0 Å². The van der Waals surface area contributed by atoms with Gasteiger partial charge in [-0.1, -0.05) is 311 Å². The zero-order chi connectivity index (χ0) is 57.1. The Bertz CT molecular complexity index is 1500. The van der Waals surface area contributed by atoms with Crippen LogP contribution in [0.1, 0.15) is 342 Å². The highest BCUT2D eigenvalue weighted by molar-refractivity contribution is 5.71. The van der Waals surface area contributed by atoms with Crippen molar-refractivity contribution in [3.8, 4) is 0 Å². The normalized spacial score (nSPS) is 12.6. The zero-order valence-electron chi connectivity index (χ0n) is 52.4. The molecule has 6 heteroatoms. The summed E-state index contributed by atoms with van der Waals surface area (Å²) < 4.78 is 16.9. The third kappa shape index (κ3) is 65.3. The Morgan fingerprint density at radius 1 is 0.266 bits per heavy atom. The van der Waals surface area contributed by atoms with E-state index in [1.807, 2.05) is 0 Å².